The topological polar surface area (TPSA) is 84.6 Å². The number of ether oxygens (including phenoxy) is 1. The van der Waals surface area contributed by atoms with Crippen molar-refractivity contribution in [1.29, 1.82) is 0 Å². The summed E-state index contributed by atoms with van der Waals surface area (Å²) < 4.78 is 12.8. The maximum Gasteiger partial charge on any atom is 0.251 e. The highest BCUT2D eigenvalue weighted by molar-refractivity contribution is 5.93. The third-order valence-electron chi connectivity index (χ3n) is 7.43. The lowest BCUT2D eigenvalue weighted by atomic mass is 9.73. The number of rotatable bonds is 11. The zero-order chi connectivity index (χ0) is 26.3. The van der Waals surface area contributed by atoms with Crippen LogP contribution in [0.2, 0.25) is 0 Å². The minimum absolute atomic E-state index is 0.0940. The molecule has 1 aliphatic rings. The van der Waals surface area contributed by atoms with E-state index in [0.717, 1.165) is 49.1 Å². The largest absolute Gasteiger partial charge is 0.436 e. The van der Waals surface area contributed by atoms with Crippen LogP contribution in [0.25, 0.3) is 0 Å². The lowest BCUT2D eigenvalue weighted by Crippen LogP contribution is -2.41. The van der Waals surface area contributed by atoms with E-state index in [1.807, 2.05) is 54.6 Å². The van der Waals surface area contributed by atoms with Crippen LogP contribution in [0.4, 0.5) is 0 Å². The van der Waals surface area contributed by atoms with Crippen molar-refractivity contribution in [2.24, 2.45) is 5.92 Å². The van der Waals surface area contributed by atoms with Crippen LogP contribution in [0.3, 0.4) is 0 Å². The standard InChI is InChI=1S/C30H39N3O4/c1-31-28(34)24-16-14-23(15-17-24)22-36-19-18-33(2,3)21-27-20-32-29(37-27)30(35,25-10-6-4-7-11-25)26-12-8-5-9-13-26/h4,6-7,10-11,14-17,20,26,35H,5,8-9,12-13,18-19,21-22H2,1-3H3/p+1/t30-/m0/s1. The summed E-state index contributed by atoms with van der Waals surface area (Å²) >= 11 is 0. The Morgan fingerprint density at radius 3 is 2.49 bits per heavy atom. The molecule has 1 aromatic heterocycles. The van der Waals surface area contributed by atoms with E-state index in [0.29, 0.717) is 35.7 Å². The Balaban J connectivity index is 1.36. The first-order chi connectivity index (χ1) is 17.8. The van der Waals surface area contributed by atoms with Crippen molar-refractivity contribution in [2.75, 3.05) is 34.3 Å². The number of aromatic nitrogens is 1. The number of hydrogen-bond donors (Lipinski definition) is 2. The van der Waals surface area contributed by atoms with Gasteiger partial charge in [-0.15, -0.1) is 0 Å². The molecule has 1 amide bonds. The van der Waals surface area contributed by atoms with E-state index in [2.05, 4.69) is 24.4 Å². The van der Waals surface area contributed by atoms with E-state index >= 15 is 0 Å². The predicted molar refractivity (Wildman–Crippen MR) is 143 cm³/mol. The van der Waals surface area contributed by atoms with Gasteiger partial charge in [0.1, 0.15) is 13.1 Å². The van der Waals surface area contributed by atoms with Crippen molar-refractivity contribution < 1.29 is 23.5 Å². The maximum absolute atomic E-state index is 12.0. The molecule has 2 aromatic carbocycles. The van der Waals surface area contributed by atoms with Gasteiger partial charge in [0.25, 0.3) is 5.91 Å². The Labute approximate surface area is 220 Å². The van der Waals surface area contributed by atoms with E-state index in [9.17, 15) is 9.90 Å². The number of oxazole rings is 1. The van der Waals surface area contributed by atoms with Crippen LogP contribution in [-0.2, 0) is 23.5 Å². The summed E-state index contributed by atoms with van der Waals surface area (Å²) in [5.41, 5.74) is 1.30. The normalized spacial score (nSPS) is 16.3. The van der Waals surface area contributed by atoms with Crippen LogP contribution < -0.4 is 5.32 Å². The molecule has 0 saturated heterocycles. The molecule has 7 heteroatoms. The minimum atomic E-state index is -1.21. The second-order valence-corrected chi connectivity index (χ2v) is 10.7. The van der Waals surface area contributed by atoms with Crippen molar-refractivity contribution in [1.82, 2.24) is 10.3 Å². The number of carbonyl (C=O) groups excluding carboxylic acids is 1. The number of hydrogen-bond acceptors (Lipinski definition) is 5. The molecule has 0 spiro atoms. The van der Waals surface area contributed by atoms with Crippen molar-refractivity contribution in [2.45, 2.75) is 50.9 Å². The van der Waals surface area contributed by atoms with Crippen molar-refractivity contribution in [3.63, 3.8) is 0 Å². The van der Waals surface area contributed by atoms with Crippen molar-refractivity contribution >= 4 is 5.91 Å². The minimum Gasteiger partial charge on any atom is -0.436 e. The average molecular weight is 507 g/mol. The second kappa shape index (κ2) is 12.0. The molecule has 1 saturated carbocycles. The summed E-state index contributed by atoms with van der Waals surface area (Å²) in [5, 5.41) is 14.7. The molecular weight excluding hydrogens is 466 g/mol. The lowest BCUT2D eigenvalue weighted by molar-refractivity contribution is -0.905. The van der Waals surface area contributed by atoms with Gasteiger partial charge in [-0.3, -0.25) is 4.79 Å². The predicted octanol–water partition coefficient (Wildman–Crippen LogP) is 4.64. The maximum atomic E-state index is 12.0. The second-order valence-electron chi connectivity index (χ2n) is 10.7. The fraction of sp³-hybridized carbons (Fsp3) is 0.467. The third-order valence-corrected chi connectivity index (χ3v) is 7.43. The molecule has 2 N–H and O–H groups in total. The Kier molecular flexibility index (Phi) is 8.79. The van der Waals surface area contributed by atoms with Crippen molar-refractivity contribution in [3.05, 3.63) is 89.1 Å². The average Bonchev–Trinajstić information content (AvgIpc) is 3.39. The number of likely N-dealkylation sites (N-methyl/N-ethyl adjacent to an activating group) is 1. The number of quaternary nitrogens is 1. The fourth-order valence-corrected chi connectivity index (χ4v) is 5.20. The molecule has 0 unspecified atom stereocenters. The number of benzene rings is 2. The van der Waals surface area contributed by atoms with Gasteiger partial charge in [0.15, 0.2) is 11.4 Å². The summed E-state index contributed by atoms with van der Waals surface area (Å²) in [4.78, 5) is 16.3. The van der Waals surface area contributed by atoms with Crippen LogP contribution in [0.5, 0.6) is 0 Å². The molecular formula is C30H40N3O4+. The fourth-order valence-electron chi connectivity index (χ4n) is 5.20. The number of amides is 1. The molecule has 3 aromatic rings. The smallest absolute Gasteiger partial charge is 0.251 e. The lowest BCUT2D eigenvalue weighted by Gasteiger charge is -2.36. The summed E-state index contributed by atoms with van der Waals surface area (Å²) in [6.45, 7) is 2.51. The summed E-state index contributed by atoms with van der Waals surface area (Å²) in [5.74, 6) is 1.16. The SMILES string of the molecule is CNC(=O)c1ccc(COCC[N+](C)(C)Cc2cnc([C@](O)(c3ccccc3)C3CCCCC3)o2)cc1. The van der Waals surface area contributed by atoms with Gasteiger partial charge >= 0.3 is 0 Å². The highest BCUT2D eigenvalue weighted by Gasteiger charge is 2.44. The van der Waals surface area contributed by atoms with Crippen LogP contribution in [0, 0.1) is 5.92 Å². The first kappa shape index (κ1) is 27.0. The number of aliphatic hydroxyl groups is 1. The molecule has 4 rings (SSSR count). The van der Waals surface area contributed by atoms with Crippen molar-refractivity contribution in [3.8, 4) is 0 Å². The summed E-state index contributed by atoms with van der Waals surface area (Å²) in [7, 11) is 5.89. The Bertz CT molecular complexity index is 1140. The first-order valence-corrected chi connectivity index (χ1v) is 13.3. The van der Waals surface area contributed by atoms with Gasteiger partial charge < -0.3 is 24.1 Å². The van der Waals surface area contributed by atoms with Crippen LogP contribution >= 0.6 is 0 Å². The molecule has 37 heavy (non-hydrogen) atoms. The van der Waals surface area contributed by atoms with Gasteiger partial charge in [-0.25, -0.2) is 4.98 Å². The van der Waals surface area contributed by atoms with E-state index in [1.54, 1.807) is 13.2 Å². The monoisotopic (exact) mass is 506 g/mol. The molecule has 198 valence electrons. The number of nitrogens with one attached hydrogen (secondary N) is 1. The zero-order valence-corrected chi connectivity index (χ0v) is 22.3. The molecule has 7 nitrogen and oxygen atoms in total. The van der Waals surface area contributed by atoms with Crippen LogP contribution in [0.15, 0.2) is 65.2 Å². The summed E-state index contributed by atoms with van der Waals surface area (Å²) in [6.07, 6.45) is 7.16. The molecule has 0 bridgehead atoms. The van der Waals surface area contributed by atoms with Gasteiger partial charge in [0.2, 0.25) is 5.89 Å². The first-order valence-electron chi connectivity index (χ1n) is 13.3. The quantitative estimate of drug-likeness (QED) is 0.292. The molecule has 1 atom stereocenters. The molecule has 1 aliphatic carbocycles. The summed E-state index contributed by atoms with van der Waals surface area (Å²) in [6, 6.07) is 17.3. The number of nitrogens with zero attached hydrogens (tertiary/aromatic N) is 2. The van der Waals surface area contributed by atoms with Gasteiger partial charge in [-0.05, 0) is 36.1 Å². The van der Waals surface area contributed by atoms with Crippen LogP contribution in [0.1, 0.15) is 65.2 Å². The zero-order valence-electron chi connectivity index (χ0n) is 22.3. The van der Waals surface area contributed by atoms with Gasteiger partial charge in [-0.2, -0.15) is 0 Å². The Hall–Kier alpha value is -3.00. The van der Waals surface area contributed by atoms with E-state index in [4.69, 9.17) is 9.15 Å². The van der Waals surface area contributed by atoms with Crippen LogP contribution in [-0.4, -0.2) is 54.8 Å². The third kappa shape index (κ3) is 6.66. The highest BCUT2D eigenvalue weighted by atomic mass is 16.5. The highest BCUT2D eigenvalue weighted by Crippen LogP contribution is 2.43. The van der Waals surface area contributed by atoms with E-state index in [1.165, 1.54) is 6.42 Å². The van der Waals surface area contributed by atoms with Gasteiger partial charge in [-0.1, -0.05) is 61.7 Å². The Morgan fingerprint density at radius 1 is 1.11 bits per heavy atom. The molecule has 0 aliphatic heterocycles. The molecule has 1 fully saturated rings. The van der Waals surface area contributed by atoms with E-state index < -0.39 is 5.60 Å². The van der Waals surface area contributed by atoms with E-state index in [-0.39, 0.29) is 11.8 Å². The molecule has 0 radical (unpaired) electrons. The molecule has 1 heterocycles. The van der Waals surface area contributed by atoms with Gasteiger partial charge in [0.05, 0.1) is 33.5 Å². The number of carbonyl (C=O) groups is 1. The Morgan fingerprint density at radius 2 is 1.81 bits per heavy atom. The van der Waals surface area contributed by atoms with Gasteiger partial charge in [0, 0.05) is 18.5 Å².